The largest absolute Gasteiger partial charge is 0.482 e. The first-order chi connectivity index (χ1) is 8.78. The molecular formula is C12H13N3O3. The highest BCUT2D eigenvalue weighted by molar-refractivity contribution is 5.37. The number of aliphatic hydroxyl groups excluding tert-OH is 1. The number of nitrogens with zero attached hydrogens (tertiary/aromatic N) is 2. The van der Waals surface area contributed by atoms with Crippen LogP contribution in [0.4, 0.5) is 0 Å². The zero-order valence-corrected chi connectivity index (χ0v) is 9.61. The van der Waals surface area contributed by atoms with Crippen molar-refractivity contribution < 1.29 is 14.4 Å². The van der Waals surface area contributed by atoms with Crippen molar-refractivity contribution in [2.24, 2.45) is 5.73 Å². The van der Waals surface area contributed by atoms with Gasteiger partial charge < -0.3 is 20.1 Å². The second-order valence-corrected chi connectivity index (χ2v) is 4.20. The first-order valence-corrected chi connectivity index (χ1v) is 5.72. The van der Waals surface area contributed by atoms with E-state index in [0.717, 1.165) is 11.3 Å². The Morgan fingerprint density at radius 1 is 1.44 bits per heavy atom. The molecule has 0 amide bonds. The maximum Gasteiger partial charge on any atom is 0.246 e. The van der Waals surface area contributed by atoms with Crippen LogP contribution in [-0.4, -0.2) is 21.9 Å². The number of nitrogens with two attached hydrogens (primary N) is 1. The highest BCUT2D eigenvalue weighted by Crippen LogP contribution is 2.35. The molecule has 0 saturated carbocycles. The molecule has 18 heavy (non-hydrogen) atoms. The van der Waals surface area contributed by atoms with Crippen LogP contribution in [0, 0.1) is 0 Å². The van der Waals surface area contributed by atoms with Gasteiger partial charge in [-0.1, -0.05) is 23.4 Å². The zero-order chi connectivity index (χ0) is 12.5. The van der Waals surface area contributed by atoms with Crippen LogP contribution in [0.2, 0.25) is 0 Å². The second-order valence-electron chi connectivity index (χ2n) is 4.20. The van der Waals surface area contributed by atoms with Crippen molar-refractivity contribution in [3.05, 3.63) is 41.5 Å². The number of benzene rings is 1. The van der Waals surface area contributed by atoms with Crippen LogP contribution in [0.1, 0.15) is 29.4 Å². The molecule has 0 bridgehead atoms. The Labute approximate surface area is 103 Å². The smallest absolute Gasteiger partial charge is 0.246 e. The van der Waals surface area contributed by atoms with Gasteiger partial charge >= 0.3 is 0 Å². The van der Waals surface area contributed by atoms with Gasteiger partial charge in [0.25, 0.3) is 0 Å². The van der Waals surface area contributed by atoms with Crippen LogP contribution in [0.5, 0.6) is 5.75 Å². The number of hydrogen-bond acceptors (Lipinski definition) is 6. The second kappa shape index (κ2) is 4.40. The number of aromatic nitrogens is 2. The monoisotopic (exact) mass is 247 g/mol. The first-order valence-electron chi connectivity index (χ1n) is 5.72. The van der Waals surface area contributed by atoms with Gasteiger partial charge in [-0.15, -0.1) is 0 Å². The minimum Gasteiger partial charge on any atom is -0.482 e. The van der Waals surface area contributed by atoms with Crippen LogP contribution < -0.4 is 10.5 Å². The number of para-hydroxylation sites is 1. The average Bonchev–Trinajstić information content (AvgIpc) is 3.03. The van der Waals surface area contributed by atoms with Gasteiger partial charge in [0.05, 0.1) is 6.61 Å². The van der Waals surface area contributed by atoms with Crippen molar-refractivity contribution in [1.82, 2.24) is 10.1 Å². The molecule has 3 N–H and O–H groups in total. The standard InChI is InChI=1S/C12H13N3O3/c13-8(6-16)12-14-11(15-18-12)10-5-7-3-1-2-4-9(7)17-10/h1-4,8,10,16H,5-6,13H2/t8-,10?/m1/s1. The minimum atomic E-state index is -0.643. The van der Waals surface area contributed by atoms with E-state index in [9.17, 15) is 0 Å². The van der Waals surface area contributed by atoms with E-state index in [1.54, 1.807) is 0 Å². The van der Waals surface area contributed by atoms with E-state index in [1.807, 2.05) is 24.3 Å². The summed E-state index contributed by atoms with van der Waals surface area (Å²) in [4.78, 5) is 4.16. The van der Waals surface area contributed by atoms with E-state index < -0.39 is 6.04 Å². The number of fused-ring (bicyclic) bond motifs is 1. The predicted molar refractivity (Wildman–Crippen MR) is 61.8 cm³/mol. The van der Waals surface area contributed by atoms with E-state index >= 15 is 0 Å². The summed E-state index contributed by atoms with van der Waals surface area (Å²) in [6.07, 6.45) is 0.467. The Balaban J connectivity index is 1.80. The molecule has 1 unspecified atom stereocenters. The molecular weight excluding hydrogens is 234 g/mol. The predicted octanol–water partition coefficient (Wildman–Crippen LogP) is 0.738. The Morgan fingerprint density at radius 3 is 3.06 bits per heavy atom. The third-order valence-electron chi connectivity index (χ3n) is 2.91. The van der Waals surface area contributed by atoms with Crippen molar-refractivity contribution in [3.63, 3.8) is 0 Å². The summed E-state index contributed by atoms with van der Waals surface area (Å²) in [5, 5.41) is 12.8. The number of hydrogen-bond donors (Lipinski definition) is 2. The molecule has 0 fully saturated rings. The lowest BCUT2D eigenvalue weighted by atomic mass is 10.1. The molecule has 2 aromatic rings. The highest BCUT2D eigenvalue weighted by Gasteiger charge is 2.28. The Morgan fingerprint density at radius 2 is 2.28 bits per heavy atom. The molecule has 0 radical (unpaired) electrons. The van der Waals surface area contributed by atoms with Crippen LogP contribution >= 0.6 is 0 Å². The molecule has 1 aromatic heterocycles. The number of rotatable bonds is 3. The van der Waals surface area contributed by atoms with Crippen LogP contribution in [0.15, 0.2) is 28.8 Å². The molecule has 1 aromatic carbocycles. The molecule has 2 heterocycles. The zero-order valence-electron chi connectivity index (χ0n) is 9.61. The maximum atomic E-state index is 8.92. The highest BCUT2D eigenvalue weighted by atomic mass is 16.5. The SMILES string of the molecule is N[C@H](CO)c1nc(C2Cc3ccccc3O2)no1. The summed E-state index contributed by atoms with van der Waals surface area (Å²) in [6, 6.07) is 7.17. The topological polar surface area (TPSA) is 94.4 Å². The van der Waals surface area contributed by atoms with Gasteiger partial charge in [-0.3, -0.25) is 0 Å². The normalized spacial score (nSPS) is 19.3. The molecule has 0 aliphatic carbocycles. The van der Waals surface area contributed by atoms with E-state index in [0.29, 0.717) is 12.2 Å². The van der Waals surface area contributed by atoms with Gasteiger partial charge in [0, 0.05) is 6.42 Å². The molecule has 2 atom stereocenters. The van der Waals surface area contributed by atoms with Crippen molar-refractivity contribution in [3.8, 4) is 5.75 Å². The fraction of sp³-hybridized carbons (Fsp3) is 0.333. The van der Waals surface area contributed by atoms with Gasteiger partial charge in [-0.05, 0) is 11.6 Å². The van der Waals surface area contributed by atoms with E-state index in [2.05, 4.69) is 10.1 Å². The van der Waals surface area contributed by atoms with E-state index in [1.165, 1.54) is 0 Å². The summed E-state index contributed by atoms with van der Waals surface area (Å²) in [5.41, 5.74) is 6.73. The van der Waals surface area contributed by atoms with Crippen LogP contribution in [0.25, 0.3) is 0 Å². The number of ether oxygens (including phenoxy) is 1. The molecule has 94 valence electrons. The third kappa shape index (κ3) is 1.85. The van der Waals surface area contributed by atoms with Crippen LogP contribution in [-0.2, 0) is 6.42 Å². The lowest BCUT2D eigenvalue weighted by Crippen LogP contribution is -2.15. The number of aliphatic hydroxyl groups is 1. The van der Waals surface area contributed by atoms with Gasteiger partial charge in [-0.2, -0.15) is 4.98 Å². The van der Waals surface area contributed by atoms with Crippen molar-refractivity contribution in [2.75, 3.05) is 6.61 Å². The van der Waals surface area contributed by atoms with Crippen molar-refractivity contribution >= 4 is 0 Å². The van der Waals surface area contributed by atoms with Crippen molar-refractivity contribution in [2.45, 2.75) is 18.6 Å². The summed E-state index contributed by atoms with van der Waals surface area (Å²) >= 11 is 0. The summed E-state index contributed by atoms with van der Waals surface area (Å²) in [6.45, 7) is -0.229. The fourth-order valence-electron chi connectivity index (χ4n) is 1.93. The quantitative estimate of drug-likeness (QED) is 0.830. The molecule has 0 spiro atoms. The summed E-state index contributed by atoms with van der Waals surface area (Å²) in [7, 11) is 0. The first kappa shape index (κ1) is 11.2. The molecule has 6 nitrogen and oxygen atoms in total. The van der Waals surface area contributed by atoms with Gasteiger partial charge in [0.1, 0.15) is 11.8 Å². The molecule has 6 heteroatoms. The lowest BCUT2D eigenvalue weighted by molar-refractivity contribution is 0.218. The Bertz CT molecular complexity index is 530. The molecule has 0 saturated heterocycles. The van der Waals surface area contributed by atoms with Crippen LogP contribution in [0.3, 0.4) is 0 Å². The van der Waals surface area contributed by atoms with E-state index in [-0.39, 0.29) is 18.6 Å². The average molecular weight is 247 g/mol. The summed E-state index contributed by atoms with van der Waals surface area (Å²) in [5.74, 6) is 1.54. The van der Waals surface area contributed by atoms with Gasteiger partial charge in [0.15, 0.2) is 6.10 Å². The lowest BCUT2D eigenvalue weighted by Gasteiger charge is -2.04. The Kier molecular flexibility index (Phi) is 2.73. The molecule has 3 rings (SSSR count). The van der Waals surface area contributed by atoms with Gasteiger partial charge in [-0.25, -0.2) is 0 Å². The van der Waals surface area contributed by atoms with Crippen molar-refractivity contribution in [1.29, 1.82) is 0 Å². The minimum absolute atomic E-state index is 0.229. The Hall–Kier alpha value is -1.92. The van der Waals surface area contributed by atoms with E-state index in [4.69, 9.17) is 20.1 Å². The molecule has 1 aliphatic rings. The van der Waals surface area contributed by atoms with Gasteiger partial charge in [0.2, 0.25) is 11.7 Å². The molecule has 1 aliphatic heterocycles. The summed E-state index contributed by atoms with van der Waals surface area (Å²) < 4.78 is 10.7. The third-order valence-corrected chi connectivity index (χ3v) is 2.91. The maximum absolute atomic E-state index is 8.92. The fourth-order valence-corrected chi connectivity index (χ4v) is 1.93.